The molecule has 0 bridgehead atoms. The number of nitrogens with zero attached hydrogens (tertiary/aromatic N) is 3. The Morgan fingerprint density at radius 2 is 2.24 bits per heavy atom. The van der Waals surface area contributed by atoms with Gasteiger partial charge in [0.1, 0.15) is 5.82 Å². The van der Waals surface area contributed by atoms with Crippen LogP contribution in [0.4, 0.5) is 0 Å². The number of carbonyl (C=O) groups is 1. The van der Waals surface area contributed by atoms with Crippen LogP contribution in [0.5, 0.6) is 0 Å². The van der Waals surface area contributed by atoms with Crippen LogP contribution in [0.2, 0.25) is 0 Å². The summed E-state index contributed by atoms with van der Waals surface area (Å²) in [5.41, 5.74) is 0. The summed E-state index contributed by atoms with van der Waals surface area (Å²) in [7, 11) is 0.573. The molecule has 0 unspecified atom stereocenters. The van der Waals surface area contributed by atoms with Gasteiger partial charge in [0.15, 0.2) is 15.0 Å². The van der Waals surface area contributed by atoms with Crippen LogP contribution in [0.3, 0.4) is 0 Å². The maximum absolute atomic E-state index is 11.5. The Labute approximate surface area is 128 Å². The maximum atomic E-state index is 11.5. The number of carbonyl (C=O) groups excluding carboxylic acids is 1. The lowest BCUT2D eigenvalue weighted by Crippen LogP contribution is -2.27. The van der Waals surface area contributed by atoms with E-state index in [0.29, 0.717) is 18.0 Å². The van der Waals surface area contributed by atoms with E-state index in [4.69, 9.17) is 0 Å². The van der Waals surface area contributed by atoms with E-state index in [-0.39, 0.29) is 28.6 Å². The minimum atomic E-state index is -2.87. The first-order valence-corrected chi connectivity index (χ1v) is 9.49. The van der Waals surface area contributed by atoms with Crippen LogP contribution in [0.15, 0.2) is 5.16 Å². The van der Waals surface area contributed by atoms with Crippen molar-refractivity contribution in [3.8, 4) is 0 Å². The van der Waals surface area contributed by atoms with Gasteiger partial charge in [-0.3, -0.25) is 4.79 Å². The minimum absolute atomic E-state index is 0.0635. The van der Waals surface area contributed by atoms with Gasteiger partial charge in [-0.15, -0.1) is 10.2 Å². The average molecular weight is 332 g/mol. The molecule has 2 atom stereocenters. The molecule has 21 heavy (non-hydrogen) atoms. The minimum Gasteiger partial charge on any atom is -0.358 e. The first-order valence-electron chi connectivity index (χ1n) is 6.79. The summed E-state index contributed by atoms with van der Waals surface area (Å²) in [6, 6.07) is 0. The topological polar surface area (TPSA) is 94.0 Å². The third-order valence-corrected chi connectivity index (χ3v) is 6.59. The largest absolute Gasteiger partial charge is 0.358 e. The highest BCUT2D eigenvalue weighted by atomic mass is 32.2. The highest BCUT2D eigenvalue weighted by Gasteiger charge is 2.29. The average Bonchev–Trinajstić information content (AvgIpc) is 2.94. The van der Waals surface area contributed by atoms with Crippen molar-refractivity contribution in [2.75, 3.05) is 18.6 Å². The molecule has 1 aromatic rings. The second-order valence-corrected chi connectivity index (χ2v) is 8.84. The van der Waals surface area contributed by atoms with Gasteiger partial charge in [-0.05, 0) is 19.3 Å². The lowest BCUT2D eigenvalue weighted by Gasteiger charge is -2.10. The van der Waals surface area contributed by atoms with Gasteiger partial charge in [-0.1, -0.05) is 11.8 Å². The Morgan fingerprint density at radius 1 is 1.52 bits per heavy atom. The first-order chi connectivity index (χ1) is 9.82. The molecule has 1 amide bonds. The number of hydrogen-bond acceptors (Lipinski definition) is 6. The van der Waals surface area contributed by atoms with Crippen molar-refractivity contribution in [2.45, 2.75) is 30.2 Å². The third kappa shape index (κ3) is 3.97. The maximum Gasteiger partial charge on any atom is 0.233 e. The van der Waals surface area contributed by atoms with Crippen molar-refractivity contribution in [1.82, 2.24) is 20.1 Å². The van der Waals surface area contributed by atoms with Gasteiger partial charge in [0, 0.05) is 20.5 Å². The van der Waals surface area contributed by atoms with E-state index in [1.165, 1.54) is 11.8 Å². The molecule has 1 aliphatic heterocycles. The summed E-state index contributed by atoms with van der Waals surface area (Å²) in [5.74, 6) is 1.32. The zero-order valence-corrected chi connectivity index (χ0v) is 14.0. The molecule has 1 aromatic heterocycles. The van der Waals surface area contributed by atoms with Crippen molar-refractivity contribution in [1.29, 1.82) is 0 Å². The Balaban J connectivity index is 2.02. The van der Waals surface area contributed by atoms with Gasteiger partial charge >= 0.3 is 0 Å². The summed E-state index contributed by atoms with van der Waals surface area (Å²) in [5, 5.41) is 11.2. The van der Waals surface area contributed by atoms with Crippen LogP contribution in [0.25, 0.3) is 0 Å². The SMILES string of the molecule is CNC(=O)[C@@H](C)Sc1nnc(C[C@@H]2CCS(=O)(=O)C2)n1C. The van der Waals surface area contributed by atoms with E-state index in [1.54, 1.807) is 14.0 Å². The predicted molar refractivity (Wildman–Crippen MR) is 80.9 cm³/mol. The molecule has 2 heterocycles. The number of hydrogen-bond donors (Lipinski definition) is 1. The summed E-state index contributed by atoms with van der Waals surface area (Å²) < 4.78 is 24.8. The van der Waals surface area contributed by atoms with Crippen LogP contribution in [0.1, 0.15) is 19.2 Å². The van der Waals surface area contributed by atoms with Crippen LogP contribution in [-0.2, 0) is 28.1 Å². The zero-order chi connectivity index (χ0) is 15.6. The van der Waals surface area contributed by atoms with Gasteiger partial charge in [-0.2, -0.15) is 0 Å². The number of aromatic nitrogens is 3. The quantitative estimate of drug-likeness (QED) is 0.764. The van der Waals surface area contributed by atoms with E-state index in [1.807, 2.05) is 11.6 Å². The highest BCUT2D eigenvalue weighted by molar-refractivity contribution is 8.00. The van der Waals surface area contributed by atoms with Crippen LogP contribution in [0, 0.1) is 5.92 Å². The van der Waals surface area contributed by atoms with E-state index < -0.39 is 9.84 Å². The van der Waals surface area contributed by atoms with E-state index in [0.717, 1.165) is 5.82 Å². The Hall–Kier alpha value is -1.09. The Morgan fingerprint density at radius 3 is 2.81 bits per heavy atom. The van der Waals surface area contributed by atoms with Gasteiger partial charge < -0.3 is 9.88 Å². The van der Waals surface area contributed by atoms with E-state index in [9.17, 15) is 13.2 Å². The molecule has 0 saturated carbocycles. The van der Waals surface area contributed by atoms with Crippen molar-refractivity contribution >= 4 is 27.5 Å². The molecule has 0 spiro atoms. The molecule has 1 saturated heterocycles. The normalized spacial score (nSPS) is 22.1. The molecule has 9 heteroatoms. The second kappa shape index (κ2) is 6.35. The van der Waals surface area contributed by atoms with Crippen LogP contribution in [-0.4, -0.2) is 52.9 Å². The van der Waals surface area contributed by atoms with Crippen molar-refractivity contribution in [3.05, 3.63) is 5.82 Å². The van der Waals surface area contributed by atoms with Crippen LogP contribution >= 0.6 is 11.8 Å². The fraction of sp³-hybridized carbons (Fsp3) is 0.750. The van der Waals surface area contributed by atoms with Crippen molar-refractivity contribution in [2.24, 2.45) is 13.0 Å². The molecule has 7 nitrogen and oxygen atoms in total. The van der Waals surface area contributed by atoms with Crippen molar-refractivity contribution in [3.63, 3.8) is 0 Å². The third-order valence-electron chi connectivity index (χ3n) is 3.62. The van der Waals surface area contributed by atoms with Gasteiger partial charge in [-0.25, -0.2) is 8.42 Å². The molecule has 2 rings (SSSR count). The number of amides is 1. The van der Waals surface area contributed by atoms with Gasteiger partial charge in [0.25, 0.3) is 0 Å². The van der Waals surface area contributed by atoms with E-state index in [2.05, 4.69) is 15.5 Å². The van der Waals surface area contributed by atoms with Crippen molar-refractivity contribution < 1.29 is 13.2 Å². The summed E-state index contributed by atoms with van der Waals surface area (Å²) in [6.45, 7) is 1.81. The summed E-state index contributed by atoms with van der Waals surface area (Å²) in [6.07, 6.45) is 1.30. The molecule has 118 valence electrons. The second-order valence-electron chi connectivity index (χ2n) is 5.31. The van der Waals surface area contributed by atoms with Gasteiger partial charge in [0.05, 0.1) is 16.8 Å². The Bertz CT molecular complexity index is 626. The summed E-state index contributed by atoms with van der Waals surface area (Å²) >= 11 is 1.34. The lowest BCUT2D eigenvalue weighted by atomic mass is 10.1. The fourth-order valence-corrected chi connectivity index (χ4v) is 5.09. The predicted octanol–water partition coefficient (Wildman–Crippen LogP) is 0.0189. The fourth-order valence-electron chi connectivity index (χ4n) is 2.33. The molecule has 0 radical (unpaired) electrons. The number of sulfone groups is 1. The standard InChI is InChI=1S/C12H20N4O3S2/c1-8(11(17)13-2)20-12-15-14-10(16(12)3)6-9-4-5-21(18,19)7-9/h8-9H,4-7H2,1-3H3,(H,13,17)/t8-,9+/m1/s1. The number of rotatable bonds is 5. The zero-order valence-electron chi connectivity index (χ0n) is 12.4. The van der Waals surface area contributed by atoms with Gasteiger partial charge in [0.2, 0.25) is 5.91 Å². The van der Waals surface area contributed by atoms with E-state index >= 15 is 0 Å². The molecule has 0 aliphatic carbocycles. The number of nitrogens with one attached hydrogen (secondary N) is 1. The molecule has 1 fully saturated rings. The molecular formula is C12H20N4O3S2. The number of thioether (sulfide) groups is 1. The molecule has 1 N–H and O–H groups in total. The highest BCUT2D eigenvalue weighted by Crippen LogP contribution is 2.25. The Kier molecular flexibility index (Phi) is 4.92. The molecule has 1 aliphatic rings. The van der Waals surface area contributed by atoms with Crippen LogP contribution < -0.4 is 5.32 Å². The summed E-state index contributed by atoms with van der Waals surface area (Å²) in [4.78, 5) is 11.5. The first kappa shape index (κ1) is 16.3. The molecule has 0 aromatic carbocycles. The molecular weight excluding hydrogens is 312 g/mol. The lowest BCUT2D eigenvalue weighted by molar-refractivity contribution is -0.119. The monoisotopic (exact) mass is 332 g/mol. The smallest absolute Gasteiger partial charge is 0.233 e.